The summed E-state index contributed by atoms with van der Waals surface area (Å²) in [5.74, 6) is -0.164. The van der Waals surface area contributed by atoms with Crippen molar-refractivity contribution in [3.05, 3.63) is 29.3 Å². The molecule has 1 aromatic carbocycles. The molecule has 0 saturated heterocycles. The van der Waals surface area contributed by atoms with Crippen LogP contribution in [0.4, 0.5) is 13.2 Å². The Morgan fingerprint density at radius 3 is 2.38 bits per heavy atom. The van der Waals surface area contributed by atoms with Crippen molar-refractivity contribution >= 4 is 15.9 Å². The van der Waals surface area contributed by atoms with Gasteiger partial charge in [-0.2, -0.15) is 13.2 Å². The molecule has 1 rings (SSSR count). The number of aromatic hydroxyl groups is 1. The lowest BCUT2D eigenvalue weighted by molar-refractivity contribution is -0.138. The van der Waals surface area contributed by atoms with Crippen LogP contribution in [0, 0.1) is 0 Å². The van der Waals surface area contributed by atoms with Gasteiger partial charge in [0, 0.05) is 5.33 Å². The lowest BCUT2D eigenvalue weighted by Gasteiger charge is -2.10. The van der Waals surface area contributed by atoms with Crippen LogP contribution < -0.4 is 0 Å². The second-order valence-electron chi connectivity index (χ2n) is 2.47. The number of halogens is 4. The molecule has 0 aromatic heterocycles. The largest absolute Gasteiger partial charge is 0.508 e. The van der Waals surface area contributed by atoms with Crippen molar-refractivity contribution in [3.8, 4) is 5.75 Å². The monoisotopic (exact) mass is 254 g/mol. The molecule has 0 radical (unpaired) electrons. The van der Waals surface area contributed by atoms with Crippen LogP contribution in [0.1, 0.15) is 11.1 Å². The Labute approximate surface area is 81.3 Å². The first kappa shape index (κ1) is 10.4. The lowest BCUT2D eigenvalue weighted by atomic mass is 10.1. The molecule has 0 atom stereocenters. The Morgan fingerprint density at radius 2 is 1.92 bits per heavy atom. The number of phenolic OH excluding ortho intramolecular Hbond substituents is 1. The van der Waals surface area contributed by atoms with Crippen LogP contribution in [-0.2, 0) is 11.5 Å². The van der Waals surface area contributed by atoms with E-state index in [1.807, 2.05) is 0 Å². The third-order valence-electron chi connectivity index (χ3n) is 1.54. The maximum atomic E-state index is 12.3. The van der Waals surface area contributed by atoms with Crippen molar-refractivity contribution < 1.29 is 18.3 Å². The second-order valence-corrected chi connectivity index (χ2v) is 3.03. The van der Waals surface area contributed by atoms with E-state index >= 15 is 0 Å². The number of rotatable bonds is 1. The van der Waals surface area contributed by atoms with Crippen LogP contribution >= 0.6 is 15.9 Å². The van der Waals surface area contributed by atoms with Gasteiger partial charge in [0.25, 0.3) is 0 Å². The van der Waals surface area contributed by atoms with Crippen molar-refractivity contribution in [2.75, 3.05) is 0 Å². The summed E-state index contributed by atoms with van der Waals surface area (Å²) in [7, 11) is 0. The fourth-order valence-corrected chi connectivity index (χ4v) is 1.43. The number of hydrogen-bond donors (Lipinski definition) is 1. The number of phenols is 1. The van der Waals surface area contributed by atoms with Crippen molar-refractivity contribution in [2.45, 2.75) is 11.5 Å². The van der Waals surface area contributed by atoms with E-state index in [9.17, 15) is 13.2 Å². The summed E-state index contributed by atoms with van der Waals surface area (Å²) in [6.07, 6.45) is -4.36. The fraction of sp³-hybridized carbons (Fsp3) is 0.250. The van der Waals surface area contributed by atoms with Crippen LogP contribution in [0.5, 0.6) is 5.75 Å². The zero-order valence-electron chi connectivity index (χ0n) is 6.40. The summed E-state index contributed by atoms with van der Waals surface area (Å²) < 4.78 is 36.8. The van der Waals surface area contributed by atoms with Crippen LogP contribution in [0.2, 0.25) is 0 Å². The maximum Gasteiger partial charge on any atom is 0.416 e. The van der Waals surface area contributed by atoms with E-state index < -0.39 is 11.7 Å². The predicted octanol–water partition coefficient (Wildman–Crippen LogP) is 3.31. The van der Waals surface area contributed by atoms with Crippen LogP contribution in [0.15, 0.2) is 18.2 Å². The van der Waals surface area contributed by atoms with E-state index in [-0.39, 0.29) is 16.6 Å². The summed E-state index contributed by atoms with van der Waals surface area (Å²) in [5.41, 5.74) is -0.685. The van der Waals surface area contributed by atoms with E-state index in [4.69, 9.17) is 5.11 Å². The number of hydrogen-bond acceptors (Lipinski definition) is 1. The van der Waals surface area contributed by atoms with Crippen LogP contribution in [0.25, 0.3) is 0 Å². The topological polar surface area (TPSA) is 20.2 Å². The summed E-state index contributed by atoms with van der Waals surface area (Å²) in [6, 6.07) is 2.98. The maximum absolute atomic E-state index is 12.3. The van der Waals surface area contributed by atoms with Gasteiger partial charge in [0.2, 0.25) is 0 Å². The molecule has 13 heavy (non-hydrogen) atoms. The van der Waals surface area contributed by atoms with Crippen LogP contribution in [-0.4, -0.2) is 5.11 Å². The predicted molar refractivity (Wildman–Crippen MR) is 45.7 cm³/mol. The van der Waals surface area contributed by atoms with Gasteiger partial charge in [-0.3, -0.25) is 0 Å². The minimum atomic E-state index is -4.36. The first-order valence-electron chi connectivity index (χ1n) is 3.40. The molecule has 5 heteroatoms. The Bertz CT molecular complexity index is 309. The molecule has 72 valence electrons. The van der Waals surface area contributed by atoms with E-state index in [2.05, 4.69) is 15.9 Å². The molecule has 0 aliphatic rings. The van der Waals surface area contributed by atoms with Crippen molar-refractivity contribution in [1.82, 2.24) is 0 Å². The minimum absolute atomic E-state index is 0.0347. The van der Waals surface area contributed by atoms with E-state index in [1.54, 1.807) is 0 Å². The zero-order valence-corrected chi connectivity index (χ0v) is 7.98. The molecule has 0 amide bonds. The third kappa shape index (κ3) is 2.37. The molecule has 0 heterocycles. The van der Waals surface area contributed by atoms with E-state index in [1.165, 1.54) is 0 Å². The fourth-order valence-electron chi connectivity index (χ4n) is 0.967. The third-order valence-corrected chi connectivity index (χ3v) is 2.14. The smallest absolute Gasteiger partial charge is 0.416 e. The average Bonchev–Trinajstić information content (AvgIpc) is 2.01. The highest BCUT2D eigenvalue weighted by atomic mass is 79.9. The molecule has 0 aliphatic heterocycles. The van der Waals surface area contributed by atoms with E-state index in [0.29, 0.717) is 0 Å². The Kier molecular flexibility index (Phi) is 2.85. The minimum Gasteiger partial charge on any atom is -0.508 e. The summed E-state index contributed by atoms with van der Waals surface area (Å²) in [4.78, 5) is 0. The van der Waals surface area contributed by atoms with E-state index in [0.717, 1.165) is 18.2 Å². The quantitative estimate of drug-likeness (QED) is 0.763. The molecule has 0 fully saturated rings. The first-order valence-corrected chi connectivity index (χ1v) is 4.52. The van der Waals surface area contributed by atoms with Gasteiger partial charge < -0.3 is 5.11 Å². The standard InChI is InChI=1S/C8H6BrF3O/c9-4-5-3-6(13)1-2-7(5)8(10,11)12/h1-3,13H,4H2. The Hall–Kier alpha value is -0.710. The van der Waals surface area contributed by atoms with Crippen molar-refractivity contribution in [1.29, 1.82) is 0 Å². The lowest BCUT2D eigenvalue weighted by Crippen LogP contribution is -2.07. The molecular weight excluding hydrogens is 249 g/mol. The molecule has 0 unspecified atom stereocenters. The van der Waals surface area contributed by atoms with Gasteiger partial charge in [-0.15, -0.1) is 0 Å². The highest BCUT2D eigenvalue weighted by Crippen LogP contribution is 2.34. The first-order chi connectivity index (χ1) is 5.95. The van der Waals surface area contributed by atoms with Crippen molar-refractivity contribution in [3.63, 3.8) is 0 Å². The molecule has 1 aromatic rings. The average molecular weight is 255 g/mol. The Balaban J connectivity index is 3.22. The molecule has 0 saturated carbocycles. The van der Waals surface area contributed by atoms with Crippen molar-refractivity contribution in [2.24, 2.45) is 0 Å². The molecule has 1 N–H and O–H groups in total. The number of alkyl halides is 4. The molecule has 0 bridgehead atoms. The molecule has 0 spiro atoms. The van der Waals surface area contributed by atoms with Gasteiger partial charge >= 0.3 is 6.18 Å². The summed E-state index contributed by atoms with van der Waals surface area (Å²) in [5, 5.41) is 9.01. The zero-order chi connectivity index (χ0) is 10.1. The molecule has 0 aliphatic carbocycles. The molecule has 1 nitrogen and oxygen atoms in total. The second kappa shape index (κ2) is 3.57. The number of benzene rings is 1. The highest BCUT2D eigenvalue weighted by Gasteiger charge is 2.32. The SMILES string of the molecule is Oc1ccc(C(F)(F)F)c(CBr)c1. The summed E-state index contributed by atoms with van der Waals surface area (Å²) >= 11 is 2.92. The molecular formula is C8H6BrF3O. The van der Waals surface area contributed by atoms with Gasteiger partial charge in [0.15, 0.2) is 0 Å². The van der Waals surface area contributed by atoms with Gasteiger partial charge in [-0.25, -0.2) is 0 Å². The van der Waals surface area contributed by atoms with Gasteiger partial charge in [-0.1, -0.05) is 15.9 Å². The van der Waals surface area contributed by atoms with Gasteiger partial charge in [0.1, 0.15) is 5.75 Å². The van der Waals surface area contributed by atoms with Gasteiger partial charge in [0.05, 0.1) is 5.56 Å². The van der Waals surface area contributed by atoms with Gasteiger partial charge in [-0.05, 0) is 23.8 Å². The Morgan fingerprint density at radius 1 is 1.31 bits per heavy atom. The highest BCUT2D eigenvalue weighted by molar-refractivity contribution is 9.08. The normalized spacial score (nSPS) is 11.7. The summed E-state index contributed by atoms with van der Waals surface area (Å²) in [6.45, 7) is 0. The van der Waals surface area contributed by atoms with Crippen LogP contribution in [0.3, 0.4) is 0 Å².